The summed E-state index contributed by atoms with van der Waals surface area (Å²) in [4.78, 5) is 11.3. The zero-order valence-corrected chi connectivity index (χ0v) is 11.5. The van der Waals surface area contributed by atoms with E-state index in [1.807, 2.05) is 26.0 Å². The Morgan fingerprint density at radius 1 is 1.39 bits per heavy atom. The molecule has 0 aliphatic heterocycles. The Bertz CT molecular complexity index is 383. The monoisotopic (exact) mass is 270 g/mol. The fourth-order valence-electron chi connectivity index (χ4n) is 1.25. The normalized spacial score (nSPS) is 10.2. The molecule has 0 heterocycles. The highest BCUT2D eigenvalue weighted by atomic mass is 35.5. The quantitative estimate of drug-likeness (QED) is 0.781. The van der Waals surface area contributed by atoms with Gasteiger partial charge in [-0.3, -0.25) is 0 Å². The van der Waals surface area contributed by atoms with Crippen LogP contribution in [0.5, 0.6) is 5.75 Å². The lowest BCUT2D eigenvalue weighted by Crippen LogP contribution is -2.39. The Morgan fingerprint density at radius 3 is 2.83 bits per heavy atom. The van der Waals surface area contributed by atoms with Gasteiger partial charge in [0.05, 0.1) is 6.54 Å². The van der Waals surface area contributed by atoms with E-state index in [-0.39, 0.29) is 6.03 Å². The Labute approximate surface area is 113 Å². The van der Waals surface area contributed by atoms with Gasteiger partial charge >= 0.3 is 6.03 Å². The Hall–Kier alpha value is -1.42. The van der Waals surface area contributed by atoms with Crippen molar-refractivity contribution < 1.29 is 9.53 Å². The van der Waals surface area contributed by atoms with E-state index in [9.17, 15) is 4.79 Å². The number of carbonyl (C=O) groups is 1. The first-order chi connectivity index (χ1) is 8.58. The number of carbonyl (C=O) groups excluding carboxylic acids is 1. The molecule has 1 rings (SSSR count). The summed E-state index contributed by atoms with van der Waals surface area (Å²) < 4.78 is 5.44. The molecule has 100 valence electrons. The molecular formula is C13H19ClN2O2. The molecule has 0 unspecified atom stereocenters. The van der Waals surface area contributed by atoms with E-state index in [0.29, 0.717) is 36.4 Å². The van der Waals surface area contributed by atoms with E-state index in [0.717, 1.165) is 0 Å². The minimum Gasteiger partial charge on any atom is -0.492 e. The summed E-state index contributed by atoms with van der Waals surface area (Å²) in [6.45, 7) is 5.62. The van der Waals surface area contributed by atoms with Gasteiger partial charge in [-0.05, 0) is 24.1 Å². The second-order valence-electron chi connectivity index (χ2n) is 4.34. The second-order valence-corrected chi connectivity index (χ2v) is 4.77. The third kappa shape index (κ3) is 6.35. The zero-order chi connectivity index (χ0) is 13.4. The van der Waals surface area contributed by atoms with Gasteiger partial charge in [-0.1, -0.05) is 31.5 Å². The third-order valence-corrected chi connectivity index (χ3v) is 2.36. The van der Waals surface area contributed by atoms with Crippen molar-refractivity contribution in [3.63, 3.8) is 0 Å². The number of halogens is 1. The fourth-order valence-corrected chi connectivity index (χ4v) is 1.43. The van der Waals surface area contributed by atoms with E-state index < -0.39 is 0 Å². The fraction of sp³-hybridized carbons (Fsp3) is 0.462. The van der Waals surface area contributed by atoms with Crippen molar-refractivity contribution >= 4 is 17.6 Å². The van der Waals surface area contributed by atoms with Crippen LogP contribution < -0.4 is 15.4 Å². The number of hydrogen-bond donors (Lipinski definition) is 2. The number of hydrogen-bond acceptors (Lipinski definition) is 2. The lowest BCUT2D eigenvalue weighted by atomic mass is 10.2. The molecule has 2 amide bonds. The van der Waals surface area contributed by atoms with Crippen LogP contribution in [0.4, 0.5) is 4.79 Å². The Kier molecular flexibility index (Phi) is 6.36. The maximum Gasteiger partial charge on any atom is 0.314 e. The second kappa shape index (κ2) is 7.82. The van der Waals surface area contributed by atoms with Crippen molar-refractivity contribution in [2.45, 2.75) is 13.8 Å². The van der Waals surface area contributed by atoms with E-state index in [1.165, 1.54) is 0 Å². The molecule has 4 nitrogen and oxygen atoms in total. The van der Waals surface area contributed by atoms with Crippen molar-refractivity contribution in [2.24, 2.45) is 5.92 Å². The predicted octanol–water partition coefficient (Wildman–Crippen LogP) is 2.67. The van der Waals surface area contributed by atoms with Crippen molar-refractivity contribution in [1.29, 1.82) is 0 Å². The van der Waals surface area contributed by atoms with E-state index >= 15 is 0 Å². The first-order valence-corrected chi connectivity index (χ1v) is 6.36. The maximum absolute atomic E-state index is 11.3. The maximum atomic E-state index is 11.3. The van der Waals surface area contributed by atoms with Gasteiger partial charge in [0, 0.05) is 11.6 Å². The van der Waals surface area contributed by atoms with Gasteiger partial charge in [0.1, 0.15) is 12.4 Å². The van der Waals surface area contributed by atoms with Crippen molar-refractivity contribution in [2.75, 3.05) is 19.7 Å². The molecule has 0 aromatic heterocycles. The van der Waals surface area contributed by atoms with Gasteiger partial charge in [0.15, 0.2) is 0 Å². The molecule has 0 spiro atoms. The summed E-state index contributed by atoms with van der Waals surface area (Å²) in [5, 5.41) is 6.11. The molecule has 0 bridgehead atoms. The molecule has 0 aliphatic rings. The SMILES string of the molecule is CC(C)CNC(=O)NCCOc1cccc(Cl)c1. The largest absolute Gasteiger partial charge is 0.492 e. The smallest absolute Gasteiger partial charge is 0.314 e. The standard InChI is InChI=1S/C13H19ClN2O2/c1-10(2)9-16-13(17)15-6-7-18-12-5-3-4-11(14)8-12/h3-5,8,10H,6-7,9H2,1-2H3,(H2,15,16,17). The molecule has 18 heavy (non-hydrogen) atoms. The lowest BCUT2D eigenvalue weighted by molar-refractivity contribution is 0.235. The van der Waals surface area contributed by atoms with Gasteiger partial charge in [-0.25, -0.2) is 4.79 Å². The van der Waals surface area contributed by atoms with Crippen LogP contribution in [0.1, 0.15) is 13.8 Å². The number of nitrogens with one attached hydrogen (secondary N) is 2. The summed E-state index contributed by atoms with van der Waals surface area (Å²) in [7, 11) is 0. The first-order valence-electron chi connectivity index (χ1n) is 5.98. The zero-order valence-electron chi connectivity index (χ0n) is 10.7. The van der Waals surface area contributed by atoms with Gasteiger partial charge < -0.3 is 15.4 Å². The minimum absolute atomic E-state index is 0.168. The van der Waals surface area contributed by atoms with Crippen LogP contribution in [0, 0.1) is 5.92 Å². The predicted molar refractivity (Wildman–Crippen MR) is 73.2 cm³/mol. The van der Waals surface area contributed by atoms with E-state index in [2.05, 4.69) is 10.6 Å². The molecule has 0 saturated carbocycles. The Morgan fingerprint density at radius 2 is 2.17 bits per heavy atom. The first kappa shape index (κ1) is 14.6. The molecule has 0 saturated heterocycles. The Balaban J connectivity index is 2.13. The molecule has 0 atom stereocenters. The van der Waals surface area contributed by atoms with Gasteiger partial charge in [0.25, 0.3) is 0 Å². The highest BCUT2D eigenvalue weighted by Crippen LogP contribution is 2.16. The highest BCUT2D eigenvalue weighted by molar-refractivity contribution is 6.30. The number of urea groups is 1. The molecule has 0 fully saturated rings. The summed E-state index contributed by atoms with van der Waals surface area (Å²) in [6, 6.07) is 7.00. The molecule has 1 aromatic rings. The highest BCUT2D eigenvalue weighted by Gasteiger charge is 2.00. The van der Waals surface area contributed by atoms with Crippen molar-refractivity contribution in [3.05, 3.63) is 29.3 Å². The van der Waals surface area contributed by atoms with Crippen LogP contribution in [0.25, 0.3) is 0 Å². The molecular weight excluding hydrogens is 252 g/mol. The number of benzene rings is 1. The van der Waals surface area contributed by atoms with E-state index in [1.54, 1.807) is 12.1 Å². The van der Waals surface area contributed by atoms with Crippen LogP contribution in [0.15, 0.2) is 24.3 Å². The molecule has 1 aromatic carbocycles. The molecule has 5 heteroatoms. The topological polar surface area (TPSA) is 50.4 Å². The molecule has 0 radical (unpaired) electrons. The van der Waals surface area contributed by atoms with Crippen LogP contribution in [-0.2, 0) is 0 Å². The average Bonchev–Trinajstić information content (AvgIpc) is 2.32. The minimum atomic E-state index is -0.168. The van der Waals surface area contributed by atoms with Crippen LogP contribution in [0.2, 0.25) is 5.02 Å². The van der Waals surface area contributed by atoms with Gasteiger partial charge in [0.2, 0.25) is 0 Å². The van der Waals surface area contributed by atoms with Crippen LogP contribution >= 0.6 is 11.6 Å². The number of ether oxygens (including phenoxy) is 1. The molecule has 0 aliphatic carbocycles. The molecule has 2 N–H and O–H groups in total. The third-order valence-electron chi connectivity index (χ3n) is 2.12. The summed E-state index contributed by atoms with van der Waals surface area (Å²) >= 11 is 5.82. The lowest BCUT2D eigenvalue weighted by Gasteiger charge is -2.10. The number of rotatable bonds is 6. The average molecular weight is 271 g/mol. The number of amides is 2. The van der Waals surface area contributed by atoms with Crippen molar-refractivity contribution in [1.82, 2.24) is 10.6 Å². The summed E-state index contributed by atoms with van der Waals surface area (Å²) in [5.74, 6) is 1.14. The summed E-state index contributed by atoms with van der Waals surface area (Å²) in [5.41, 5.74) is 0. The van der Waals surface area contributed by atoms with Crippen LogP contribution in [0.3, 0.4) is 0 Å². The van der Waals surface area contributed by atoms with Gasteiger partial charge in [-0.2, -0.15) is 0 Å². The van der Waals surface area contributed by atoms with Crippen molar-refractivity contribution in [3.8, 4) is 5.75 Å². The van der Waals surface area contributed by atoms with Gasteiger partial charge in [-0.15, -0.1) is 0 Å². The van der Waals surface area contributed by atoms with Crippen LogP contribution in [-0.4, -0.2) is 25.7 Å². The van der Waals surface area contributed by atoms with E-state index in [4.69, 9.17) is 16.3 Å². The summed E-state index contributed by atoms with van der Waals surface area (Å²) in [6.07, 6.45) is 0.